The maximum atomic E-state index is 12.1. The van der Waals surface area contributed by atoms with Crippen molar-refractivity contribution >= 4 is 11.9 Å². The number of hydrogen-bond donors (Lipinski definition) is 2. The molecule has 1 aromatic heterocycles. The van der Waals surface area contributed by atoms with Gasteiger partial charge in [-0.2, -0.15) is 0 Å². The molecule has 0 aliphatic heterocycles. The van der Waals surface area contributed by atoms with E-state index >= 15 is 0 Å². The van der Waals surface area contributed by atoms with Gasteiger partial charge < -0.3 is 14.8 Å². The van der Waals surface area contributed by atoms with Crippen LogP contribution in [0.1, 0.15) is 45.2 Å². The summed E-state index contributed by atoms with van der Waals surface area (Å²) in [7, 11) is 0. The van der Waals surface area contributed by atoms with Crippen molar-refractivity contribution in [1.29, 1.82) is 0 Å². The Kier molecular flexibility index (Phi) is 3.89. The van der Waals surface area contributed by atoms with E-state index in [2.05, 4.69) is 5.32 Å². The molecule has 20 heavy (non-hydrogen) atoms. The molecule has 0 bridgehead atoms. The smallest absolute Gasteiger partial charge is 0.336 e. The molecule has 1 amide bonds. The van der Waals surface area contributed by atoms with Crippen LogP contribution in [0.5, 0.6) is 0 Å². The molecule has 0 aliphatic rings. The molecular weight excluding hydrogens is 258 g/mol. The number of nitrogens with one attached hydrogen (secondary N) is 1. The Bertz CT molecular complexity index is 645. The molecule has 5 nitrogen and oxygen atoms in total. The zero-order valence-corrected chi connectivity index (χ0v) is 11.2. The minimum atomic E-state index is -1.13. The zero-order chi connectivity index (χ0) is 14.7. The molecule has 0 radical (unpaired) electrons. The van der Waals surface area contributed by atoms with Crippen molar-refractivity contribution < 1.29 is 19.1 Å². The molecule has 5 heteroatoms. The van der Waals surface area contributed by atoms with Gasteiger partial charge in [0.05, 0.1) is 17.2 Å². The molecule has 0 spiro atoms. The van der Waals surface area contributed by atoms with Gasteiger partial charge in [-0.05, 0) is 38.1 Å². The van der Waals surface area contributed by atoms with Gasteiger partial charge in [-0.25, -0.2) is 4.79 Å². The van der Waals surface area contributed by atoms with E-state index < -0.39 is 11.9 Å². The van der Waals surface area contributed by atoms with Gasteiger partial charge >= 0.3 is 5.97 Å². The first-order chi connectivity index (χ1) is 9.49. The van der Waals surface area contributed by atoms with Crippen LogP contribution in [0, 0.1) is 6.92 Å². The number of benzene rings is 1. The van der Waals surface area contributed by atoms with E-state index in [-0.39, 0.29) is 17.2 Å². The van der Waals surface area contributed by atoms with E-state index in [1.807, 2.05) is 13.0 Å². The number of rotatable bonds is 4. The van der Waals surface area contributed by atoms with Crippen LogP contribution in [0.2, 0.25) is 0 Å². The summed E-state index contributed by atoms with van der Waals surface area (Å²) in [5, 5.41) is 11.8. The molecule has 2 rings (SSSR count). The predicted octanol–water partition coefficient (Wildman–Crippen LogP) is 2.78. The van der Waals surface area contributed by atoms with E-state index in [1.54, 1.807) is 25.1 Å². The van der Waals surface area contributed by atoms with Crippen LogP contribution in [0.3, 0.4) is 0 Å². The lowest BCUT2D eigenvalue weighted by atomic mass is 10.1. The predicted molar refractivity (Wildman–Crippen MR) is 72.7 cm³/mol. The highest BCUT2D eigenvalue weighted by Gasteiger charge is 2.19. The van der Waals surface area contributed by atoms with Crippen molar-refractivity contribution in [1.82, 2.24) is 5.32 Å². The lowest BCUT2D eigenvalue weighted by molar-refractivity contribution is 0.0690. The molecule has 1 atom stereocenters. The molecule has 2 aromatic rings. The van der Waals surface area contributed by atoms with Crippen LogP contribution in [0.4, 0.5) is 0 Å². The first-order valence-corrected chi connectivity index (χ1v) is 6.18. The summed E-state index contributed by atoms with van der Waals surface area (Å²) in [6, 6.07) is 9.35. The molecule has 0 aliphatic carbocycles. The number of carboxylic acid groups (broad SMARTS) is 1. The molecule has 0 saturated carbocycles. The van der Waals surface area contributed by atoms with E-state index in [0.29, 0.717) is 5.76 Å². The third-order valence-electron chi connectivity index (χ3n) is 2.94. The Balaban J connectivity index is 2.18. The maximum Gasteiger partial charge on any atom is 0.336 e. The van der Waals surface area contributed by atoms with Crippen LogP contribution in [0.25, 0.3) is 0 Å². The van der Waals surface area contributed by atoms with E-state index in [9.17, 15) is 9.59 Å². The number of carbonyl (C=O) groups is 2. The van der Waals surface area contributed by atoms with Crippen LogP contribution in [0.15, 0.2) is 40.8 Å². The highest BCUT2D eigenvalue weighted by Crippen LogP contribution is 2.17. The number of carbonyl (C=O) groups excluding carboxylic acids is 1. The quantitative estimate of drug-likeness (QED) is 0.897. The van der Waals surface area contributed by atoms with Gasteiger partial charge in [0.25, 0.3) is 5.91 Å². The second-order valence-electron chi connectivity index (χ2n) is 4.49. The molecule has 0 fully saturated rings. The Morgan fingerprint density at radius 1 is 1.15 bits per heavy atom. The number of carboxylic acids is 1. The number of furan rings is 1. The van der Waals surface area contributed by atoms with Crippen LogP contribution < -0.4 is 5.32 Å². The molecule has 0 saturated heterocycles. The topological polar surface area (TPSA) is 79.5 Å². The summed E-state index contributed by atoms with van der Waals surface area (Å²) in [6.45, 7) is 3.59. The van der Waals surface area contributed by atoms with Crippen molar-refractivity contribution in [2.24, 2.45) is 0 Å². The standard InChI is InChI=1S/C15H15NO4/c1-9-7-8-13(20-9)10(2)16-14(17)11-5-3-4-6-12(11)15(18)19/h3-8,10H,1-2H3,(H,16,17)(H,18,19). The fourth-order valence-electron chi connectivity index (χ4n) is 1.90. The van der Waals surface area contributed by atoms with E-state index in [4.69, 9.17) is 9.52 Å². The van der Waals surface area contributed by atoms with Gasteiger partial charge in [-0.15, -0.1) is 0 Å². The normalized spacial score (nSPS) is 11.9. The zero-order valence-electron chi connectivity index (χ0n) is 11.2. The van der Waals surface area contributed by atoms with Gasteiger partial charge in [-0.1, -0.05) is 12.1 Å². The Labute approximate surface area is 116 Å². The van der Waals surface area contributed by atoms with Crippen LogP contribution >= 0.6 is 0 Å². The van der Waals surface area contributed by atoms with Crippen LogP contribution in [-0.2, 0) is 0 Å². The molecule has 1 unspecified atom stereocenters. The summed E-state index contributed by atoms with van der Waals surface area (Å²) in [6.07, 6.45) is 0. The first kappa shape index (κ1) is 13.9. The van der Waals surface area contributed by atoms with Crippen molar-refractivity contribution in [3.63, 3.8) is 0 Å². The molecule has 2 N–H and O–H groups in total. The minimum absolute atomic E-state index is 0.0205. The summed E-state index contributed by atoms with van der Waals surface area (Å²) in [5.74, 6) is -0.183. The third-order valence-corrected chi connectivity index (χ3v) is 2.94. The summed E-state index contributed by atoms with van der Waals surface area (Å²) >= 11 is 0. The molecule has 104 valence electrons. The number of aromatic carboxylic acids is 1. The van der Waals surface area contributed by atoms with Gasteiger partial charge in [-0.3, -0.25) is 4.79 Å². The number of aryl methyl sites for hydroxylation is 1. The molecule has 1 heterocycles. The van der Waals surface area contributed by atoms with Gasteiger partial charge in [0.2, 0.25) is 0 Å². The Morgan fingerprint density at radius 3 is 2.35 bits per heavy atom. The second kappa shape index (κ2) is 5.61. The van der Waals surface area contributed by atoms with Crippen molar-refractivity contribution in [2.75, 3.05) is 0 Å². The SMILES string of the molecule is Cc1ccc(C(C)NC(=O)c2ccccc2C(=O)O)o1. The van der Waals surface area contributed by atoms with Gasteiger partial charge in [0, 0.05) is 0 Å². The summed E-state index contributed by atoms with van der Waals surface area (Å²) < 4.78 is 5.43. The van der Waals surface area contributed by atoms with E-state index in [1.165, 1.54) is 12.1 Å². The maximum absolute atomic E-state index is 12.1. The second-order valence-corrected chi connectivity index (χ2v) is 4.49. The van der Waals surface area contributed by atoms with Gasteiger partial charge in [0.1, 0.15) is 11.5 Å². The Morgan fingerprint density at radius 2 is 1.80 bits per heavy atom. The average molecular weight is 273 g/mol. The van der Waals surface area contributed by atoms with E-state index in [0.717, 1.165) is 5.76 Å². The number of hydrogen-bond acceptors (Lipinski definition) is 3. The van der Waals surface area contributed by atoms with Crippen LogP contribution in [-0.4, -0.2) is 17.0 Å². The summed E-state index contributed by atoms with van der Waals surface area (Å²) in [4.78, 5) is 23.2. The summed E-state index contributed by atoms with van der Waals surface area (Å²) in [5.41, 5.74) is 0.114. The fourth-order valence-corrected chi connectivity index (χ4v) is 1.90. The molecule has 1 aromatic carbocycles. The highest BCUT2D eigenvalue weighted by molar-refractivity contribution is 6.04. The Hall–Kier alpha value is -2.56. The average Bonchev–Trinajstić information content (AvgIpc) is 2.85. The lowest BCUT2D eigenvalue weighted by Crippen LogP contribution is -2.28. The van der Waals surface area contributed by atoms with Gasteiger partial charge in [0.15, 0.2) is 0 Å². The molecular formula is C15H15NO4. The first-order valence-electron chi connectivity index (χ1n) is 6.18. The fraction of sp³-hybridized carbons (Fsp3) is 0.200. The highest BCUT2D eigenvalue weighted by atomic mass is 16.4. The monoisotopic (exact) mass is 273 g/mol. The largest absolute Gasteiger partial charge is 0.478 e. The third kappa shape index (κ3) is 2.88. The van der Waals surface area contributed by atoms with Crippen molar-refractivity contribution in [2.45, 2.75) is 19.9 Å². The van der Waals surface area contributed by atoms with Crippen molar-refractivity contribution in [3.05, 3.63) is 59.0 Å². The van der Waals surface area contributed by atoms with Crippen molar-refractivity contribution in [3.8, 4) is 0 Å². The minimum Gasteiger partial charge on any atom is -0.478 e. The lowest BCUT2D eigenvalue weighted by Gasteiger charge is -2.12. The number of amides is 1.